The molecule has 0 atom stereocenters. The Kier molecular flexibility index (Phi) is 7.05. The number of ether oxygens (including phenoxy) is 1. The highest BCUT2D eigenvalue weighted by Gasteiger charge is 2.52. The van der Waals surface area contributed by atoms with E-state index in [2.05, 4.69) is 34.7 Å². The topological polar surface area (TPSA) is 74.6 Å². The molecule has 32 heavy (non-hydrogen) atoms. The third-order valence-electron chi connectivity index (χ3n) is 5.87. The van der Waals surface area contributed by atoms with Crippen LogP contribution in [0.3, 0.4) is 0 Å². The molecular formula is C24H36BN3O4. The lowest BCUT2D eigenvalue weighted by molar-refractivity contribution is 0.00578. The minimum Gasteiger partial charge on any atom is -0.449 e. The molecule has 3 rings (SSSR count). The number of amides is 1. The molecule has 7 nitrogen and oxygen atoms in total. The Bertz CT molecular complexity index is 900. The maximum Gasteiger partial charge on any atom is 0.498 e. The van der Waals surface area contributed by atoms with Crippen molar-refractivity contribution in [2.75, 3.05) is 13.2 Å². The molecule has 0 unspecified atom stereocenters. The minimum absolute atomic E-state index is 0.0349. The average molecular weight is 441 g/mol. The highest BCUT2D eigenvalue weighted by Crippen LogP contribution is 2.36. The van der Waals surface area contributed by atoms with E-state index in [0.29, 0.717) is 19.7 Å². The van der Waals surface area contributed by atoms with Crippen LogP contribution in [0.2, 0.25) is 0 Å². The van der Waals surface area contributed by atoms with Gasteiger partial charge >= 0.3 is 13.2 Å². The van der Waals surface area contributed by atoms with Gasteiger partial charge in [-0.25, -0.2) is 4.79 Å². The molecule has 0 saturated carbocycles. The lowest BCUT2D eigenvalue weighted by atomic mass is 9.82. The van der Waals surface area contributed by atoms with Gasteiger partial charge in [0.1, 0.15) is 0 Å². The second kappa shape index (κ2) is 9.28. The third-order valence-corrected chi connectivity index (χ3v) is 5.87. The summed E-state index contributed by atoms with van der Waals surface area (Å²) < 4.78 is 19.3. The lowest BCUT2D eigenvalue weighted by Gasteiger charge is -2.32. The van der Waals surface area contributed by atoms with Gasteiger partial charge in [-0.1, -0.05) is 45.0 Å². The summed E-state index contributed by atoms with van der Waals surface area (Å²) in [6.07, 6.45) is 4.16. The summed E-state index contributed by atoms with van der Waals surface area (Å²) in [5.41, 5.74) is 2.46. The fourth-order valence-electron chi connectivity index (χ4n) is 3.21. The Labute approximate surface area is 192 Å². The molecule has 1 N–H and O–H groups in total. The van der Waals surface area contributed by atoms with Crippen LogP contribution in [0.25, 0.3) is 0 Å². The highest BCUT2D eigenvalue weighted by atomic mass is 16.7. The zero-order valence-electron chi connectivity index (χ0n) is 20.4. The Morgan fingerprint density at radius 3 is 2.28 bits per heavy atom. The summed E-state index contributed by atoms with van der Waals surface area (Å²) in [6, 6.07) is 8.33. The Hall–Kier alpha value is -2.32. The Balaban J connectivity index is 1.47. The molecule has 1 fully saturated rings. The number of hydrogen-bond donors (Lipinski definition) is 1. The first-order valence-corrected chi connectivity index (χ1v) is 11.2. The fourth-order valence-corrected chi connectivity index (χ4v) is 3.21. The Morgan fingerprint density at radius 2 is 1.69 bits per heavy atom. The van der Waals surface area contributed by atoms with Gasteiger partial charge in [-0.15, -0.1) is 0 Å². The number of alkyl carbamates (subject to hydrolysis) is 1. The summed E-state index contributed by atoms with van der Waals surface area (Å²) in [4.78, 5) is 11.7. The predicted molar refractivity (Wildman–Crippen MR) is 126 cm³/mol. The summed E-state index contributed by atoms with van der Waals surface area (Å²) in [6.45, 7) is 15.9. The van der Waals surface area contributed by atoms with Crippen molar-refractivity contribution >= 4 is 18.7 Å². The second-order valence-electron chi connectivity index (χ2n) is 10.7. The molecule has 2 aromatic rings. The molecule has 2 heterocycles. The molecular weight excluding hydrogens is 405 g/mol. The molecule has 1 aliphatic rings. The van der Waals surface area contributed by atoms with Crippen LogP contribution in [0.15, 0.2) is 36.7 Å². The normalized spacial score (nSPS) is 17.4. The van der Waals surface area contributed by atoms with Crippen LogP contribution in [0.1, 0.15) is 59.6 Å². The van der Waals surface area contributed by atoms with E-state index in [4.69, 9.17) is 14.0 Å². The summed E-state index contributed by atoms with van der Waals surface area (Å²) in [5.74, 6) is 0. The van der Waals surface area contributed by atoms with Crippen molar-refractivity contribution in [1.82, 2.24) is 15.1 Å². The molecule has 0 radical (unpaired) electrons. The highest BCUT2D eigenvalue weighted by molar-refractivity contribution is 6.62. The van der Waals surface area contributed by atoms with Crippen LogP contribution in [-0.2, 0) is 27.0 Å². The first-order valence-electron chi connectivity index (χ1n) is 11.2. The van der Waals surface area contributed by atoms with Crippen LogP contribution in [0, 0.1) is 5.41 Å². The van der Waals surface area contributed by atoms with Gasteiger partial charge in [0.05, 0.1) is 24.4 Å². The maximum atomic E-state index is 11.7. The molecule has 1 saturated heterocycles. The number of nitrogens with zero attached hydrogens (tertiary/aromatic N) is 2. The Morgan fingerprint density at radius 1 is 1.09 bits per heavy atom. The van der Waals surface area contributed by atoms with Gasteiger partial charge in [0.2, 0.25) is 0 Å². The minimum atomic E-state index is -0.404. The third kappa shape index (κ3) is 6.36. The quantitative estimate of drug-likeness (QED) is 0.666. The molecule has 1 aromatic carbocycles. The van der Waals surface area contributed by atoms with Crippen molar-refractivity contribution in [3.8, 4) is 0 Å². The van der Waals surface area contributed by atoms with Gasteiger partial charge in [-0.3, -0.25) is 4.68 Å². The van der Waals surface area contributed by atoms with E-state index in [1.54, 1.807) is 6.20 Å². The molecule has 174 valence electrons. The molecule has 0 aliphatic carbocycles. The lowest BCUT2D eigenvalue weighted by Crippen LogP contribution is -2.41. The summed E-state index contributed by atoms with van der Waals surface area (Å²) >= 11 is 0. The molecule has 0 spiro atoms. The van der Waals surface area contributed by atoms with Crippen molar-refractivity contribution in [1.29, 1.82) is 0 Å². The van der Waals surface area contributed by atoms with Gasteiger partial charge in [0.25, 0.3) is 0 Å². The number of nitrogens with one attached hydrogen (secondary N) is 1. The smallest absolute Gasteiger partial charge is 0.449 e. The zero-order valence-corrected chi connectivity index (χ0v) is 20.4. The van der Waals surface area contributed by atoms with Crippen molar-refractivity contribution in [3.05, 3.63) is 47.8 Å². The fraction of sp³-hybridized carbons (Fsp3) is 0.583. The van der Waals surface area contributed by atoms with E-state index >= 15 is 0 Å². The average Bonchev–Trinajstić information content (AvgIpc) is 3.23. The predicted octanol–water partition coefficient (Wildman–Crippen LogP) is 3.55. The van der Waals surface area contributed by atoms with Gasteiger partial charge in [0.15, 0.2) is 0 Å². The maximum absolute atomic E-state index is 11.7. The molecule has 8 heteroatoms. The standard InChI is InChI=1S/C24H36BN3O4/c1-22(2,3)17-30-21(29)26-13-12-18-8-10-19(11-9-18)15-28-16-20(14-27-28)25-31-23(4,5)24(6,7)32-25/h8-11,14,16H,12-13,15,17H2,1-7H3,(H,26,29). The van der Waals surface area contributed by atoms with Crippen LogP contribution in [0.4, 0.5) is 4.79 Å². The largest absolute Gasteiger partial charge is 0.498 e. The van der Waals surface area contributed by atoms with Crippen molar-refractivity contribution in [2.24, 2.45) is 5.41 Å². The van der Waals surface area contributed by atoms with Crippen molar-refractivity contribution in [2.45, 2.75) is 72.6 Å². The van der Waals surface area contributed by atoms with E-state index in [-0.39, 0.29) is 22.7 Å². The first kappa shape index (κ1) is 24.3. The van der Waals surface area contributed by atoms with E-state index in [1.165, 1.54) is 0 Å². The number of hydrogen-bond acceptors (Lipinski definition) is 5. The van der Waals surface area contributed by atoms with Crippen molar-refractivity contribution in [3.63, 3.8) is 0 Å². The van der Waals surface area contributed by atoms with Crippen LogP contribution in [0.5, 0.6) is 0 Å². The van der Waals surface area contributed by atoms with Crippen molar-refractivity contribution < 1.29 is 18.8 Å². The SMILES string of the molecule is CC(C)(C)COC(=O)NCCc1ccc(Cn2cc(B3OC(C)(C)C(C)(C)O3)cn2)cc1. The number of aromatic nitrogens is 2. The molecule has 1 aromatic heterocycles. The monoisotopic (exact) mass is 441 g/mol. The van der Waals surface area contributed by atoms with Crippen LogP contribution >= 0.6 is 0 Å². The first-order chi connectivity index (χ1) is 14.8. The number of rotatable bonds is 7. The summed E-state index contributed by atoms with van der Waals surface area (Å²) in [5, 5.41) is 7.27. The van der Waals surface area contributed by atoms with Gasteiger partial charge < -0.3 is 19.4 Å². The summed E-state index contributed by atoms with van der Waals surface area (Å²) in [7, 11) is -0.404. The van der Waals surface area contributed by atoms with E-state index < -0.39 is 7.12 Å². The van der Waals surface area contributed by atoms with Gasteiger partial charge in [-0.05, 0) is 50.7 Å². The molecule has 1 aliphatic heterocycles. The second-order valence-corrected chi connectivity index (χ2v) is 10.7. The zero-order chi connectivity index (χ0) is 23.6. The number of carbonyl (C=O) groups is 1. The van der Waals surface area contributed by atoms with E-state index in [0.717, 1.165) is 23.0 Å². The van der Waals surface area contributed by atoms with Crippen LogP contribution in [-0.4, -0.2) is 47.3 Å². The number of carbonyl (C=O) groups excluding carboxylic acids is 1. The molecule has 0 bridgehead atoms. The number of benzene rings is 1. The van der Waals surface area contributed by atoms with E-state index in [1.807, 2.05) is 59.3 Å². The van der Waals surface area contributed by atoms with E-state index in [9.17, 15) is 4.79 Å². The van der Waals surface area contributed by atoms with Crippen LogP contribution < -0.4 is 10.8 Å². The van der Waals surface area contributed by atoms with Gasteiger partial charge in [-0.2, -0.15) is 5.10 Å². The van der Waals surface area contributed by atoms with Gasteiger partial charge in [0, 0.05) is 24.4 Å². The molecule has 1 amide bonds.